The van der Waals surface area contributed by atoms with E-state index in [2.05, 4.69) is 22.3 Å². The van der Waals surface area contributed by atoms with Crippen molar-refractivity contribution in [3.8, 4) is 0 Å². The van der Waals surface area contributed by atoms with Gasteiger partial charge >= 0.3 is 0 Å². The maximum absolute atomic E-state index is 12.8. The van der Waals surface area contributed by atoms with Crippen molar-refractivity contribution in [1.29, 1.82) is 0 Å². The molecule has 1 amide bonds. The fourth-order valence-electron chi connectivity index (χ4n) is 3.77. The number of nitrogens with zero attached hydrogens (tertiary/aromatic N) is 2. The zero-order chi connectivity index (χ0) is 20.3. The fraction of sp³-hybridized carbons (Fsp3) is 0.409. The van der Waals surface area contributed by atoms with Gasteiger partial charge in [-0.05, 0) is 49.4 Å². The Labute approximate surface area is 172 Å². The summed E-state index contributed by atoms with van der Waals surface area (Å²) in [6.07, 6.45) is 4.02. The molecule has 1 N–H and O–H groups in total. The van der Waals surface area contributed by atoms with Crippen molar-refractivity contribution >= 4 is 21.6 Å². The molecule has 1 saturated carbocycles. The van der Waals surface area contributed by atoms with Crippen molar-refractivity contribution < 1.29 is 13.2 Å². The molecule has 29 heavy (non-hydrogen) atoms. The van der Waals surface area contributed by atoms with Crippen LogP contribution in [0.3, 0.4) is 0 Å². The minimum absolute atomic E-state index is 0.122. The van der Waals surface area contributed by atoms with Crippen LogP contribution in [0.25, 0.3) is 0 Å². The molecule has 0 bridgehead atoms. The van der Waals surface area contributed by atoms with Crippen molar-refractivity contribution in [2.24, 2.45) is 0 Å². The van der Waals surface area contributed by atoms with Crippen LogP contribution in [0.4, 0.5) is 5.69 Å². The van der Waals surface area contributed by atoms with Crippen LogP contribution in [0.15, 0.2) is 59.5 Å². The Morgan fingerprint density at radius 2 is 1.76 bits per heavy atom. The Morgan fingerprint density at radius 1 is 1.03 bits per heavy atom. The number of sulfonamides is 1. The molecule has 6 nitrogen and oxygen atoms in total. The number of hydrogen-bond acceptors (Lipinski definition) is 4. The van der Waals surface area contributed by atoms with E-state index in [1.54, 1.807) is 24.3 Å². The average molecular weight is 414 g/mol. The first-order valence-corrected chi connectivity index (χ1v) is 11.6. The Kier molecular flexibility index (Phi) is 5.99. The molecule has 1 aliphatic heterocycles. The zero-order valence-electron chi connectivity index (χ0n) is 16.5. The standard InChI is InChI=1S/C22H27N3O3S/c26-22(17-24(20-11-12-20)16-18-7-2-1-3-8-18)23-19-9-6-10-21(15-19)29(27,28)25-13-4-5-14-25/h1-3,6-10,15,20H,4-5,11-14,16-17H2,(H,23,26). The van der Waals surface area contributed by atoms with Crippen LogP contribution in [0.5, 0.6) is 0 Å². The monoisotopic (exact) mass is 413 g/mol. The fourth-order valence-corrected chi connectivity index (χ4v) is 5.33. The number of rotatable bonds is 8. The van der Waals surface area contributed by atoms with Gasteiger partial charge in [-0.2, -0.15) is 4.31 Å². The lowest BCUT2D eigenvalue weighted by Crippen LogP contribution is -2.34. The van der Waals surface area contributed by atoms with Crippen LogP contribution >= 0.6 is 0 Å². The average Bonchev–Trinajstić information content (AvgIpc) is 3.41. The van der Waals surface area contributed by atoms with Gasteiger partial charge in [0.25, 0.3) is 0 Å². The SMILES string of the molecule is O=C(CN(Cc1ccccc1)C1CC1)Nc1cccc(S(=O)(=O)N2CCCC2)c1. The van der Waals surface area contributed by atoms with Crippen LogP contribution in [-0.4, -0.2) is 49.2 Å². The summed E-state index contributed by atoms with van der Waals surface area (Å²) in [5.74, 6) is -0.122. The predicted molar refractivity (Wildman–Crippen MR) is 113 cm³/mol. The predicted octanol–water partition coefficient (Wildman–Crippen LogP) is 3.07. The van der Waals surface area contributed by atoms with Crippen molar-refractivity contribution in [3.63, 3.8) is 0 Å². The van der Waals surface area contributed by atoms with Gasteiger partial charge in [0.05, 0.1) is 11.4 Å². The summed E-state index contributed by atoms with van der Waals surface area (Å²) in [6, 6.07) is 17.2. The van der Waals surface area contributed by atoms with Gasteiger partial charge in [-0.1, -0.05) is 36.4 Å². The maximum Gasteiger partial charge on any atom is 0.243 e. The molecule has 7 heteroatoms. The lowest BCUT2D eigenvalue weighted by Gasteiger charge is -2.21. The summed E-state index contributed by atoms with van der Waals surface area (Å²) in [5, 5.41) is 2.88. The minimum Gasteiger partial charge on any atom is -0.325 e. The normalized spacial score (nSPS) is 17.6. The Hall–Kier alpha value is -2.22. The molecule has 1 saturated heterocycles. The molecule has 2 aliphatic rings. The van der Waals surface area contributed by atoms with Gasteiger partial charge in [-0.15, -0.1) is 0 Å². The molecular formula is C22H27N3O3S. The van der Waals surface area contributed by atoms with Crippen LogP contribution in [-0.2, 0) is 21.4 Å². The summed E-state index contributed by atoms with van der Waals surface area (Å²) >= 11 is 0. The summed E-state index contributed by atoms with van der Waals surface area (Å²) in [4.78, 5) is 15.1. The van der Waals surface area contributed by atoms with Crippen LogP contribution in [0.1, 0.15) is 31.2 Å². The molecule has 1 heterocycles. The first-order chi connectivity index (χ1) is 14.0. The van der Waals surface area contributed by atoms with E-state index in [1.807, 2.05) is 18.2 Å². The molecule has 0 aromatic heterocycles. The largest absolute Gasteiger partial charge is 0.325 e. The number of anilines is 1. The minimum atomic E-state index is -3.49. The molecule has 0 spiro atoms. The molecule has 154 valence electrons. The lowest BCUT2D eigenvalue weighted by molar-refractivity contribution is -0.117. The molecule has 2 aromatic carbocycles. The number of carbonyl (C=O) groups is 1. The summed E-state index contributed by atoms with van der Waals surface area (Å²) in [5.41, 5.74) is 1.71. The summed E-state index contributed by atoms with van der Waals surface area (Å²) in [7, 11) is -3.49. The summed E-state index contributed by atoms with van der Waals surface area (Å²) < 4.78 is 27.0. The first-order valence-electron chi connectivity index (χ1n) is 10.2. The van der Waals surface area contributed by atoms with Gasteiger partial charge in [0, 0.05) is 31.4 Å². The lowest BCUT2D eigenvalue weighted by atomic mass is 10.2. The van der Waals surface area contributed by atoms with Gasteiger partial charge in [0.1, 0.15) is 0 Å². The molecule has 0 atom stereocenters. The smallest absolute Gasteiger partial charge is 0.243 e. The van der Waals surface area contributed by atoms with Crippen LogP contribution < -0.4 is 5.32 Å². The van der Waals surface area contributed by atoms with E-state index in [9.17, 15) is 13.2 Å². The van der Waals surface area contributed by atoms with E-state index < -0.39 is 10.0 Å². The molecule has 2 fully saturated rings. The molecular weight excluding hydrogens is 386 g/mol. The Balaban J connectivity index is 1.41. The van der Waals surface area contributed by atoms with E-state index >= 15 is 0 Å². The molecule has 0 radical (unpaired) electrons. The molecule has 1 aliphatic carbocycles. The Morgan fingerprint density at radius 3 is 2.45 bits per heavy atom. The quantitative estimate of drug-likeness (QED) is 0.722. The van der Waals surface area contributed by atoms with Gasteiger partial charge in [-0.25, -0.2) is 8.42 Å². The number of hydrogen-bond donors (Lipinski definition) is 1. The summed E-state index contributed by atoms with van der Waals surface area (Å²) in [6.45, 7) is 2.16. The number of benzene rings is 2. The highest BCUT2D eigenvalue weighted by molar-refractivity contribution is 7.89. The van der Waals surface area contributed by atoms with Crippen molar-refractivity contribution in [2.75, 3.05) is 25.0 Å². The van der Waals surface area contributed by atoms with E-state index in [4.69, 9.17) is 0 Å². The van der Waals surface area contributed by atoms with Gasteiger partial charge < -0.3 is 5.32 Å². The second kappa shape index (κ2) is 8.65. The van der Waals surface area contributed by atoms with Gasteiger partial charge in [0.15, 0.2) is 0 Å². The van der Waals surface area contributed by atoms with E-state index in [0.717, 1.165) is 32.2 Å². The van der Waals surface area contributed by atoms with Crippen molar-refractivity contribution in [1.82, 2.24) is 9.21 Å². The van der Waals surface area contributed by atoms with Gasteiger partial charge in [-0.3, -0.25) is 9.69 Å². The van der Waals surface area contributed by atoms with E-state index in [-0.39, 0.29) is 10.8 Å². The second-order valence-electron chi connectivity index (χ2n) is 7.81. The topological polar surface area (TPSA) is 69.7 Å². The molecule has 0 unspecified atom stereocenters. The third-order valence-corrected chi connectivity index (χ3v) is 7.35. The maximum atomic E-state index is 12.8. The third-order valence-electron chi connectivity index (χ3n) is 5.46. The highest BCUT2D eigenvalue weighted by Gasteiger charge is 2.30. The van der Waals surface area contributed by atoms with Crippen molar-refractivity contribution in [2.45, 2.75) is 43.2 Å². The Bertz CT molecular complexity index is 952. The number of nitrogens with one attached hydrogen (secondary N) is 1. The zero-order valence-corrected chi connectivity index (χ0v) is 17.3. The second-order valence-corrected chi connectivity index (χ2v) is 9.75. The third kappa shape index (κ3) is 5.04. The number of carbonyl (C=O) groups excluding carboxylic acids is 1. The molecule has 2 aromatic rings. The van der Waals surface area contributed by atoms with Gasteiger partial charge in [0.2, 0.25) is 15.9 Å². The van der Waals surface area contributed by atoms with E-state index in [0.29, 0.717) is 31.4 Å². The van der Waals surface area contributed by atoms with Crippen LogP contribution in [0.2, 0.25) is 0 Å². The van der Waals surface area contributed by atoms with Crippen LogP contribution in [0, 0.1) is 0 Å². The molecule has 4 rings (SSSR count). The van der Waals surface area contributed by atoms with E-state index in [1.165, 1.54) is 9.87 Å². The van der Waals surface area contributed by atoms with Crippen molar-refractivity contribution in [3.05, 3.63) is 60.2 Å². The highest BCUT2D eigenvalue weighted by Crippen LogP contribution is 2.28. The highest BCUT2D eigenvalue weighted by atomic mass is 32.2. The number of amides is 1. The first kappa shape index (κ1) is 20.1.